The summed E-state index contributed by atoms with van der Waals surface area (Å²) in [4.78, 5) is 28.3. The van der Waals surface area contributed by atoms with Crippen molar-refractivity contribution in [2.24, 2.45) is 0 Å². The van der Waals surface area contributed by atoms with Crippen molar-refractivity contribution in [3.63, 3.8) is 0 Å². The lowest BCUT2D eigenvalue weighted by Gasteiger charge is -2.21. The van der Waals surface area contributed by atoms with Crippen LogP contribution in [-0.4, -0.2) is 63.1 Å². The molecule has 0 radical (unpaired) electrons. The molecule has 2 fully saturated rings. The lowest BCUT2D eigenvalue weighted by atomic mass is 10.1. The molecule has 2 saturated heterocycles. The predicted molar refractivity (Wildman–Crippen MR) is 129 cm³/mol. The summed E-state index contributed by atoms with van der Waals surface area (Å²) in [6, 6.07) is 7.89. The normalized spacial score (nSPS) is 22.5. The first-order chi connectivity index (χ1) is 17.0. The summed E-state index contributed by atoms with van der Waals surface area (Å²) in [5.41, 5.74) is 0.404. The van der Waals surface area contributed by atoms with Crippen LogP contribution in [0.5, 0.6) is 0 Å². The van der Waals surface area contributed by atoms with Crippen LogP contribution < -0.4 is 0 Å². The second-order valence-corrected chi connectivity index (χ2v) is 10.2. The van der Waals surface area contributed by atoms with E-state index in [4.69, 9.17) is 11.6 Å². The minimum atomic E-state index is -4.56. The average Bonchev–Trinajstić information content (AvgIpc) is 3.43. The standard InChI is InChI=1S/C24H19ClF4N4O2S/c1-31-11-18(26)20(12-31)33-22(34)21(36-23(33)35)7-13-2-5-19-15(6-13)9-30-32(19)10-14-3-4-16(25)8-17(14)24(27,28)29/h2-9,18,20H,10-12H2,1H3/b21-7-/t18-,20+/m1/s1. The fraction of sp³-hybridized carbons (Fsp3) is 0.292. The highest BCUT2D eigenvalue weighted by Crippen LogP contribution is 2.37. The molecule has 0 spiro atoms. The number of hydrogen-bond acceptors (Lipinski definition) is 5. The summed E-state index contributed by atoms with van der Waals surface area (Å²) < 4.78 is 56.2. The number of rotatable bonds is 4. The molecule has 2 aromatic carbocycles. The van der Waals surface area contributed by atoms with Crippen LogP contribution >= 0.6 is 23.4 Å². The number of carbonyl (C=O) groups excluding carboxylic acids is 2. The zero-order valence-corrected chi connectivity index (χ0v) is 20.4. The Bertz CT molecular complexity index is 1410. The zero-order valence-electron chi connectivity index (χ0n) is 18.8. The average molecular weight is 539 g/mol. The van der Waals surface area contributed by atoms with Crippen molar-refractivity contribution in [2.45, 2.75) is 24.9 Å². The van der Waals surface area contributed by atoms with Crippen LogP contribution in [0.25, 0.3) is 17.0 Å². The molecule has 0 bridgehead atoms. The fourth-order valence-electron chi connectivity index (χ4n) is 4.52. The number of halogens is 5. The summed E-state index contributed by atoms with van der Waals surface area (Å²) >= 11 is 6.53. The maximum Gasteiger partial charge on any atom is 0.416 e. The molecule has 0 aliphatic carbocycles. The molecule has 12 heteroatoms. The Morgan fingerprint density at radius 1 is 1.17 bits per heavy atom. The van der Waals surface area contributed by atoms with Crippen molar-refractivity contribution in [1.29, 1.82) is 0 Å². The third-order valence-corrected chi connectivity index (χ3v) is 7.34. The number of likely N-dealkylation sites (tertiary alicyclic amines) is 1. The van der Waals surface area contributed by atoms with Gasteiger partial charge in [0.25, 0.3) is 11.1 Å². The van der Waals surface area contributed by atoms with Crippen LogP contribution in [0.15, 0.2) is 47.5 Å². The SMILES string of the molecule is CN1C[C@@H](F)[C@@H](N2C(=O)S/C(=C\c3ccc4c(cnn4Cc4ccc(Cl)cc4C(F)(F)F)c3)C2=O)C1. The van der Waals surface area contributed by atoms with Crippen LogP contribution in [0.4, 0.5) is 22.4 Å². The lowest BCUT2D eigenvalue weighted by molar-refractivity contribution is -0.138. The Hall–Kier alpha value is -2.89. The zero-order chi connectivity index (χ0) is 25.8. The summed E-state index contributed by atoms with van der Waals surface area (Å²) in [7, 11) is 1.73. The predicted octanol–water partition coefficient (Wildman–Crippen LogP) is 5.45. The van der Waals surface area contributed by atoms with E-state index in [1.54, 1.807) is 36.2 Å². The summed E-state index contributed by atoms with van der Waals surface area (Å²) in [5.74, 6) is -0.536. The Morgan fingerprint density at radius 3 is 2.64 bits per heavy atom. The quantitative estimate of drug-likeness (QED) is 0.327. The van der Waals surface area contributed by atoms with E-state index >= 15 is 0 Å². The molecule has 3 heterocycles. The molecule has 2 atom stereocenters. The molecule has 1 aromatic heterocycles. The van der Waals surface area contributed by atoms with Gasteiger partial charge in [-0.15, -0.1) is 0 Å². The molecule has 3 aromatic rings. The Labute approximate surface area is 212 Å². The molecule has 6 nitrogen and oxygen atoms in total. The van der Waals surface area contributed by atoms with Gasteiger partial charge in [0.2, 0.25) is 0 Å². The lowest BCUT2D eigenvalue weighted by Crippen LogP contribution is -2.44. The van der Waals surface area contributed by atoms with Gasteiger partial charge >= 0.3 is 6.18 Å². The fourth-order valence-corrected chi connectivity index (χ4v) is 5.58. The molecule has 2 aliphatic rings. The van der Waals surface area contributed by atoms with Crippen molar-refractivity contribution >= 4 is 51.5 Å². The topological polar surface area (TPSA) is 58.4 Å². The highest BCUT2D eigenvalue weighted by Gasteiger charge is 2.46. The van der Waals surface area contributed by atoms with E-state index < -0.39 is 35.1 Å². The molecule has 0 unspecified atom stereocenters. The number of benzene rings is 2. The second-order valence-electron chi connectivity index (χ2n) is 8.78. The van der Waals surface area contributed by atoms with E-state index in [9.17, 15) is 27.2 Å². The number of carbonyl (C=O) groups is 2. The summed E-state index contributed by atoms with van der Waals surface area (Å²) in [6.07, 6.45) is -2.79. The first-order valence-electron chi connectivity index (χ1n) is 10.9. The number of aromatic nitrogens is 2. The second kappa shape index (κ2) is 9.20. The first kappa shape index (κ1) is 24.8. The van der Waals surface area contributed by atoms with Crippen molar-refractivity contribution < 1.29 is 27.2 Å². The van der Waals surface area contributed by atoms with E-state index in [-0.39, 0.29) is 35.1 Å². The van der Waals surface area contributed by atoms with E-state index in [1.165, 1.54) is 23.0 Å². The Kier molecular flexibility index (Phi) is 6.34. The van der Waals surface area contributed by atoms with Gasteiger partial charge in [0, 0.05) is 23.5 Å². The van der Waals surface area contributed by atoms with E-state index in [2.05, 4.69) is 5.10 Å². The third kappa shape index (κ3) is 4.62. The van der Waals surface area contributed by atoms with Gasteiger partial charge in [-0.2, -0.15) is 18.3 Å². The number of amides is 2. The molecule has 2 amide bonds. The maximum atomic E-state index is 14.3. The third-order valence-electron chi connectivity index (χ3n) is 6.22. The van der Waals surface area contributed by atoms with E-state index in [1.807, 2.05) is 0 Å². The smallest absolute Gasteiger partial charge is 0.301 e. The Balaban J connectivity index is 1.40. The van der Waals surface area contributed by atoms with Gasteiger partial charge in [-0.25, -0.2) is 4.39 Å². The summed E-state index contributed by atoms with van der Waals surface area (Å²) in [6.45, 7) is 0.321. The number of hydrogen-bond donors (Lipinski definition) is 0. The minimum absolute atomic E-state index is 0.00700. The number of fused-ring (bicyclic) bond motifs is 1. The van der Waals surface area contributed by atoms with Crippen molar-refractivity contribution in [3.05, 3.63) is 69.2 Å². The molecule has 0 saturated carbocycles. The first-order valence-corrected chi connectivity index (χ1v) is 12.1. The molecular weight excluding hydrogens is 520 g/mol. The van der Waals surface area contributed by atoms with Crippen molar-refractivity contribution in [1.82, 2.24) is 19.6 Å². The monoisotopic (exact) mass is 538 g/mol. The van der Waals surface area contributed by atoms with Gasteiger partial charge in [-0.1, -0.05) is 23.7 Å². The Morgan fingerprint density at radius 2 is 1.94 bits per heavy atom. The number of imide groups is 1. The number of nitrogens with zero attached hydrogens (tertiary/aromatic N) is 4. The highest BCUT2D eigenvalue weighted by molar-refractivity contribution is 8.18. The van der Waals surface area contributed by atoms with Gasteiger partial charge in [-0.3, -0.25) is 19.2 Å². The number of thioether (sulfide) groups is 1. The van der Waals surface area contributed by atoms with Crippen molar-refractivity contribution in [3.8, 4) is 0 Å². The molecular formula is C24H19ClF4N4O2S. The van der Waals surface area contributed by atoms with Gasteiger partial charge in [0.15, 0.2) is 0 Å². The van der Waals surface area contributed by atoms with Gasteiger partial charge in [-0.05, 0) is 60.3 Å². The van der Waals surface area contributed by atoms with Gasteiger partial charge in [0.05, 0.1) is 34.8 Å². The molecule has 188 valence electrons. The van der Waals surface area contributed by atoms with Crippen LogP contribution in [0, 0.1) is 0 Å². The maximum absolute atomic E-state index is 14.3. The molecule has 36 heavy (non-hydrogen) atoms. The van der Waals surface area contributed by atoms with Crippen LogP contribution in [0.1, 0.15) is 16.7 Å². The molecule has 0 N–H and O–H groups in total. The van der Waals surface area contributed by atoms with Crippen LogP contribution in [-0.2, 0) is 17.5 Å². The van der Waals surface area contributed by atoms with Crippen LogP contribution in [0.3, 0.4) is 0 Å². The largest absolute Gasteiger partial charge is 0.416 e. The van der Waals surface area contributed by atoms with Gasteiger partial charge < -0.3 is 4.90 Å². The van der Waals surface area contributed by atoms with E-state index in [0.717, 1.165) is 22.7 Å². The van der Waals surface area contributed by atoms with E-state index in [0.29, 0.717) is 16.5 Å². The molecule has 5 rings (SSSR count). The minimum Gasteiger partial charge on any atom is -0.301 e. The summed E-state index contributed by atoms with van der Waals surface area (Å²) in [5, 5.41) is 4.36. The van der Waals surface area contributed by atoms with Crippen molar-refractivity contribution in [2.75, 3.05) is 20.1 Å². The molecule has 2 aliphatic heterocycles. The number of alkyl halides is 4. The highest BCUT2D eigenvalue weighted by atomic mass is 35.5. The number of likely N-dealkylation sites (N-methyl/N-ethyl adjacent to an activating group) is 1. The van der Waals surface area contributed by atoms with Gasteiger partial charge in [0.1, 0.15) is 6.17 Å². The van der Waals surface area contributed by atoms with Crippen LogP contribution in [0.2, 0.25) is 5.02 Å².